The minimum Gasteiger partial charge on any atom is -0.497 e. The van der Waals surface area contributed by atoms with Gasteiger partial charge in [0.1, 0.15) is 17.8 Å². The molecule has 30 heavy (non-hydrogen) atoms. The molecule has 6 heteroatoms. The van der Waals surface area contributed by atoms with Crippen molar-refractivity contribution in [1.82, 2.24) is 9.78 Å². The zero-order chi connectivity index (χ0) is 21.1. The maximum atomic E-state index is 10.9. The molecule has 0 aliphatic heterocycles. The highest BCUT2D eigenvalue weighted by Gasteiger charge is 2.37. The fraction of sp³-hybridized carbons (Fsp3) is 0.167. The second-order valence-corrected chi connectivity index (χ2v) is 7.11. The summed E-state index contributed by atoms with van der Waals surface area (Å²) >= 11 is 0. The number of rotatable bonds is 6. The molecule has 152 valence electrons. The topological polar surface area (TPSA) is 79.4 Å². The number of carbonyl (C=O) groups is 1. The maximum absolute atomic E-state index is 10.9. The largest absolute Gasteiger partial charge is 0.497 e. The van der Waals surface area contributed by atoms with E-state index in [1.165, 1.54) is 6.08 Å². The predicted molar refractivity (Wildman–Crippen MR) is 118 cm³/mol. The van der Waals surface area contributed by atoms with Crippen LogP contribution < -0.4 is 15.2 Å². The fourth-order valence-electron chi connectivity index (χ4n) is 4.01. The van der Waals surface area contributed by atoms with Gasteiger partial charge in [-0.15, -0.1) is 0 Å². The number of nitrogen functional groups attached to an aromatic ring is 1. The Morgan fingerprint density at radius 1 is 1.07 bits per heavy atom. The van der Waals surface area contributed by atoms with Gasteiger partial charge in [0.2, 0.25) is 0 Å². The quantitative estimate of drug-likeness (QED) is 0.503. The average molecular weight is 401 g/mol. The summed E-state index contributed by atoms with van der Waals surface area (Å²) in [4.78, 5) is 10.9. The fourth-order valence-corrected chi connectivity index (χ4v) is 4.01. The van der Waals surface area contributed by atoms with Gasteiger partial charge in [-0.05, 0) is 41.5 Å². The molecule has 0 radical (unpaired) electrons. The number of hydrogen-bond donors (Lipinski definition) is 1. The zero-order valence-electron chi connectivity index (χ0n) is 16.9. The molecular formula is C24H23N3O3. The van der Waals surface area contributed by atoms with E-state index in [0.717, 1.165) is 40.2 Å². The number of nitrogens with zero attached hydrogens (tertiary/aromatic N) is 2. The van der Waals surface area contributed by atoms with Gasteiger partial charge in [-0.2, -0.15) is 5.10 Å². The molecule has 1 aliphatic carbocycles. The number of carbonyl (C=O) groups excluding carboxylic acids is 1. The van der Waals surface area contributed by atoms with Crippen molar-refractivity contribution in [3.8, 4) is 11.5 Å². The Morgan fingerprint density at radius 2 is 1.70 bits per heavy atom. The van der Waals surface area contributed by atoms with Crippen LogP contribution in [0.5, 0.6) is 11.5 Å². The first-order chi connectivity index (χ1) is 14.6. The highest BCUT2D eigenvalue weighted by atomic mass is 16.5. The Kier molecular flexibility index (Phi) is 5.14. The Balaban J connectivity index is 1.94. The summed E-state index contributed by atoms with van der Waals surface area (Å²) in [5.74, 6) is 1.99. The molecule has 1 aromatic heterocycles. The lowest BCUT2D eigenvalue weighted by Gasteiger charge is -2.35. The molecule has 2 N–H and O–H groups in total. The third-order valence-corrected chi connectivity index (χ3v) is 5.54. The predicted octanol–water partition coefficient (Wildman–Crippen LogP) is 3.71. The summed E-state index contributed by atoms with van der Waals surface area (Å²) in [7, 11) is 3.32. The standard InChI is InChI=1S/C24H23N3O3/c1-29-19-8-3-6-17(14-19)24(18-7-4-9-20(15-18)30-2)11-10-21-22(16-24)27(12-5-13-28)26-23(21)25/h3-15H,16H2,1-2H3,(H2,25,26). The lowest BCUT2D eigenvalue weighted by molar-refractivity contribution is -0.104. The van der Waals surface area contributed by atoms with E-state index in [1.54, 1.807) is 25.1 Å². The van der Waals surface area contributed by atoms with Crippen LogP contribution in [0, 0.1) is 0 Å². The molecule has 3 aromatic rings. The number of aromatic nitrogens is 2. The third-order valence-electron chi connectivity index (χ3n) is 5.54. The summed E-state index contributed by atoms with van der Waals surface area (Å²) in [6.07, 6.45) is 8.52. The molecule has 6 nitrogen and oxygen atoms in total. The van der Waals surface area contributed by atoms with E-state index in [1.807, 2.05) is 42.5 Å². The number of anilines is 1. The second kappa shape index (κ2) is 7.91. The van der Waals surface area contributed by atoms with Crippen LogP contribution in [0.15, 0.2) is 60.7 Å². The first-order valence-electron chi connectivity index (χ1n) is 9.58. The van der Waals surface area contributed by atoms with E-state index >= 15 is 0 Å². The molecule has 1 aliphatic rings. The van der Waals surface area contributed by atoms with Crippen molar-refractivity contribution < 1.29 is 14.3 Å². The van der Waals surface area contributed by atoms with Crippen molar-refractivity contribution in [2.75, 3.05) is 20.0 Å². The molecule has 0 amide bonds. The van der Waals surface area contributed by atoms with Crippen LogP contribution in [0.2, 0.25) is 0 Å². The Bertz CT molecular complexity index is 1100. The summed E-state index contributed by atoms with van der Waals surface area (Å²) in [5.41, 5.74) is 9.60. The van der Waals surface area contributed by atoms with Crippen molar-refractivity contribution in [3.63, 3.8) is 0 Å². The second-order valence-electron chi connectivity index (χ2n) is 7.11. The first-order valence-corrected chi connectivity index (χ1v) is 9.58. The van der Waals surface area contributed by atoms with Crippen molar-refractivity contribution in [2.24, 2.45) is 0 Å². The number of benzene rings is 2. The number of hydrogen-bond acceptors (Lipinski definition) is 5. The van der Waals surface area contributed by atoms with Gasteiger partial charge in [0, 0.05) is 23.6 Å². The van der Waals surface area contributed by atoms with Crippen molar-refractivity contribution in [1.29, 1.82) is 0 Å². The van der Waals surface area contributed by atoms with Gasteiger partial charge in [0.15, 0.2) is 5.82 Å². The van der Waals surface area contributed by atoms with Gasteiger partial charge in [0.25, 0.3) is 0 Å². The summed E-state index contributed by atoms with van der Waals surface area (Å²) in [5, 5.41) is 4.40. The molecular weight excluding hydrogens is 378 g/mol. The molecule has 0 spiro atoms. The Hall–Kier alpha value is -3.80. The van der Waals surface area contributed by atoms with Crippen LogP contribution >= 0.6 is 0 Å². The number of allylic oxidation sites excluding steroid dienone is 2. The van der Waals surface area contributed by atoms with E-state index in [-0.39, 0.29) is 0 Å². The first kappa shape index (κ1) is 19.5. The molecule has 4 rings (SSSR count). The van der Waals surface area contributed by atoms with Gasteiger partial charge >= 0.3 is 0 Å². The monoisotopic (exact) mass is 401 g/mol. The number of fused-ring (bicyclic) bond motifs is 1. The van der Waals surface area contributed by atoms with E-state index in [2.05, 4.69) is 23.3 Å². The molecule has 1 heterocycles. The third kappa shape index (κ3) is 3.26. The van der Waals surface area contributed by atoms with Crippen LogP contribution in [0.25, 0.3) is 12.3 Å². The molecule has 0 atom stereocenters. The van der Waals surface area contributed by atoms with Gasteiger partial charge in [-0.1, -0.05) is 36.4 Å². The molecule has 0 fully saturated rings. The normalized spacial score (nSPS) is 14.5. The molecule has 0 saturated carbocycles. The van der Waals surface area contributed by atoms with Gasteiger partial charge in [-0.25, -0.2) is 4.68 Å². The zero-order valence-corrected chi connectivity index (χ0v) is 16.9. The minimum atomic E-state index is -0.491. The van der Waals surface area contributed by atoms with Gasteiger partial charge < -0.3 is 15.2 Å². The molecule has 0 unspecified atom stereocenters. The number of methoxy groups -OCH3 is 2. The highest BCUT2D eigenvalue weighted by Crippen LogP contribution is 2.44. The van der Waals surface area contributed by atoms with Crippen molar-refractivity contribution in [3.05, 3.63) is 83.1 Å². The van der Waals surface area contributed by atoms with E-state index in [9.17, 15) is 4.79 Å². The Labute approximate surface area is 175 Å². The summed E-state index contributed by atoms with van der Waals surface area (Å²) < 4.78 is 12.6. The minimum absolute atomic E-state index is 0.432. The van der Waals surface area contributed by atoms with Crippen LogP contribution in [0.3, 0.4) is 0 Å². The van der Waals surface area contributed by atoms with E-state index in [4.69, 9.17) is 15.2 Å². The lowest BCUT2D eigenvalue weighted by Crippen LogP contribution is -2.31. The van der Waals surface area contributed by atoms with Crippen LogP contribution in [-0.4, -0.2) is 30.3 Å². The van der Waals surface area contributed by atoms with Crippen LogP contribution in [-0.2, 0) is 16.6 Å². The van der Waals surface area contributed by atoms with Crippen LogP contribution in [0.4, 0.5) is 5.82 Å². The smallest absolute Gasteiger partial charge is 0.153 e. The van der Waals surface area contributed by atoms with Crippen LogP contribution in [0.1, 0.15) is 22.4 Å². The van der Waals surface area contributed by atoms with Crippen molar-refractivity contribution >= 4 is 24.4 Å². The van der Waals surface area contributed by atoms with E-state index in [0.29, 0.717) is 12.2 Å². The highest BCUT2D eigenvalue weighted by molar-refractivity contribution is 5.73. The summed E-state index contributed by atoms with van der Waals surface area (Å²) in [6.45, 7) is 0. The number of aldehydes is 1. The van der Waals surface area contributed by atoms with Crippen molar-refractivity contribution in [2.45, 2.75) is 11.8 Å². The molecule has 2 aromatic carbocycles. The van der Waals surface area contributed by atoms with E-state index < -0.39 is 5.41 Å². The summed E-state index contributed by atoms with van der Waals surface area (Å²) in [6, 6.07) is 16.1. The molecule has 0 bridgehead atoms. The maximum Gasteiger partial charge on any atom is 0.153 e. The Morgan fingerprint density at radius 3 is 2.27 bits per heavy atom. The lowest BCUT2D eigenvalue weighted by atomic mass is 9.68. The van der Waals surface area contributed by atoms with Gasteiger partial charge in [0.05, 0.1) is 19.9 Å². The SMILES string of the molecule is COc1cccc(C2(c3cccc(OC)c3)C=Cc3c(N)nn(C=CC=O)c3C2)c1. The number of nitrogens with two attached hydrogens (primary N) is 1. The number of ether oxygens (including phenoxy) is 2. The van der Waals surface area contributed by atoms with Gasteiger partial charge in [-0.3, -0.25) is 4.79 Å². The average Bonchev–Trinajstić information content (AvgIpc) is 3.12. The molecule has 0 saturated heterocycles.